The number of rotatable bonds is 1. The van der Waals surface area contributed by atoms with Gasteiger partial charge in [0.15, 0.2) is 0 Å². The molecule has 0 amide bonds. The monoisotopic (exact) mass is 156 g/mol. The van der Waals surface area contributed by atoms with Gasteiger partial charge in [-0.2, -0.15) is 0 Å². The maximum Gasteiger partial charge on any atom is 0.146 e. The molecular weight excluding hydrogens is 144 g/mol. The number of hydrogen-bond donors (Lipinski definition) is 2. The van der Waals surface area contributed by atoms with Crippen molar-refractivity contribution in [2.24, 2.45) is 0 Å². The number of hydrogen-bond acceptors (Lipinski definition) is 3. The molecule has 1 fully saturated rings. The maximum atomic E-state index is 9.29. The van der Waals surface area contributed by atoms with E-state index >= 15 is 0 Å². The van der Waals surface area contributed by atoms with E-state index in [9.17, 15) is 10.2 Å². The zero-order valence-electron chi connectivity index (χ0n) is 6.40. The molecule has 0 spiro atoms. The normalized spacial score (nSPS) is 43.8. The van der Waals surface area contributed by atoms with Gasteiger partial charge in [-0.3, -0.25) is 0 Å². The van der Waals surface area contributed by atoms with E-state index in [1.54, 1.807) is 0 Å². The first-order valence-corrected chi connectivity index (χ1v) is 3.68. The van der Waals surface area contributed by atoms with Crippen LogP contribution in [0.3, 0.4) is 0 Å². The molecule has 1 heterocycles. The van der Waals surface area contributed by atoms with Gasteiger partial charge in [0.2, 0.25) is 0 Å². The molecule has 0 aromatic carbocycles. The fourth-order valence-electron chi connectivity index (χ4n) is 1.22. The van der Waals surface area contributed by atoms with Gasteiger partial charge in [0, 0.05) is 0 Å². The Morgan fingerprint density at radius 1 is 1.45 bits per heavy atom. The minimum absolute atomic E-state index is 0.314. The molecule has 3 heteroatoms. The second-order valence-electron chi connectivity index (χ2n) is 2.65. The summed E-state index contributed by atoms with van der Waals surface area (Å²) >= 11 is 0. The van der Waals surface area contributed by atoms with Crippen LogP contribution in [0.25, 0.3) is 0 Å². The summed E-state index contributed by atoms with van der Waals surface area (Å²) in [5.41, 5.74) is 0. The predicted molar refractivity (Wildman–Crippen MR) is 39.8 cm³/mol. The molecule has 0 radical (unpaired) electrons. The highest BCUT2D eigenvalue weighted by Gasteiger charge is 2.40. The van der Waals surface area contributed by atoms with Crippen molar-refractivity contribution in [2.75, 3.05) is 0 Å². The van der Waals surface area contributed by atoms with Crippen molar-refractivity contribution in [3.63, 3.8) is 0 Å². The van der Waals surface area contributed by atoms with Crippen molar-refractivity contribution in [1.82, 2.24) is 0 Å². The first kappa shape index (κ1) is 8.54. The Kier molecular flexibility index (Phi) is 2.50. The summed E-state index contributed by atoms with van der Waals surface area (Å²) < 4.78 is 5.15. The molecule has 1 aliphatic heterocycles. The average Bonchev–Trinajstić information content (AvgIpc) is 2.30. The molecule has 4 atom stereocenters. The van der Waals surface area contributed by atoms with E-state index < -0.39 is 18.3 Å². The first-order chi connectivity index (χ1) is 5.20. The van der Waals surface area contributed by atoms with Crippen LogP contribution in [-0.2, 0) is 4.74 Å². The summed E-state index contributed by atoms with van der Waals surface area (Å²) in [4.78, 5) is 0. The second kappa shape index (κ2) is 3.22. The molecule has 0 aromatic rings. The highest BCUT2D eigenvalue weighted by atomic mass is 16.5. The van der Waals surface area contributed by atoms with E-state index in [-0.39, 0.29) is 6.10 Å². The van der Waals surface area contributed by atoms with Gasteiger partial charge in [-0.1, -0.05) is 12.8 Å². The molecule has 0 unspecified atom stereocenters. The van der Waals surface area contributed by atoms with Crippen LogP contribution < -0.4 is 0 Å². The minimum atomic E-state index is -0.926. The van der Waals surface area contributed by atoms with Crippen molar-refractivity contribution in [3.8, 4) is 12.3 Å². The number of ether oxygens (including phenoxy) is 1. The quantitative estimate of drug-likeness (QED) is 0.504. The van der Waals surface area contributed by atoms with Crippen molar-refractivity contribution >= 4 is 0 Å². The SMILES string of the molecule is C#C[C@@H]1O[C@H](CC)[C@@H](O)[C@H]1O. The Labute approximate surface area is 66.0 Å². The van der Waals surface area contributed by atoms with Gasteiger partial charge < -0.3 is 14.9 Å². The number of terminal acetylenes is 1. The second-order valence-corrected chi connectivity index (χ2v) is 2.65. The van der Waals surface area contributed by atoms with Crippen molar-refractivity contribution in [2.45, 2.75) is 37.8 Å². The van der Waals surface area contributed by atoms with Gasteiger partial charge in [0.25, 0.3) is 0 Å². The standard InChI is InChI=1S/C8H12O3/c1-3-5-7(9)8(10)6(4-2)11-5/h1,5-10H,4H2,2H3/t5-,6+,7-,8+/m0/s1. The molecule has 11 heavy (non-hydrogen) atoms. The van der Waals surface area contributed by atoms with Crippen LogP contribution in [0.15, 0.2) is 0 Å². The Balaban J connectivity index is 2.62. The third-order valence-corrected chi connectivity index (χ3v) is 1.93. The van der Waals surface area contributed by atoms with Crippen LogP contribution in [0, 0.1) is 12.3 Å². The first-order valence-electron chi connectivity index (χ1n) is 3.68. The Morgan fingerprint density at radius 3 is 2.36 bits per heavy atom. The summed E-state index contributed by atoms with van der Waals surface area (Å²) in [5.74, 6) is 2.28. The summed E-state index contributed by atoms with van der Waals surface area (Å²) in [6, 6.07) is 0. The Morgan fingerprint density at radius 2 is 2.09 bits per heavy atom. The van der Waals surface area contributed by atoms with Gasteiger partial charge in [-0.15, -0.1) is 6.42 Å². The van der Waals surface area contributed by atoms with Crippen LogP contribution in [0.2, 0.25) is 0 Å². The third-order valence-electron chi connectivity index (χ3n) is 1.93. The topological polar surface area (TPSA) is 49.7 Å². The Hall–Kier alpha value is -0.560. The highest BCUT2D eigenvalue weighted by Crippen LogP contribution is 2.22. The van der Waals surface area contributed by atoms with E-state index in [4.69, 9.17) is 11.2 Å². The molecule has 2 N–H and O–H groups in total. The lowest BCUT2D eigenvalue weighted by molar-refractivity contribution is 0.0201. The van der Waals surface area contributed by atoms with Crippen molar-refractivity contribution in [1.29, 1.82) is 0 Å². The van der Waals surface area contributed by atoms with Crippen molar-refractivity contribution in [3.05, 3.63) is 0 Å². The number of aliphatic hydroxyl groups is 2. The van der Waals surface area contributed by atoms with Crippen LogP contribution >= 0.6 is 0 Å². The van der Waals surface area contributed by atoms with E-state index in [0.717, 1.165) is 0 Å². The van der Waals surface area contributed by atoms with Crippen LogP contribution in [0.5, 0.6) is 0 Å². The largest absolute Gasteiger partial charge is 0.388 e. The summed E-state index contributed by atoms with van der Waals surface area (Å²) in [6.07, 6.45) is 3.00. The molecular formula is C8H12O3. The highest BCUT2D eigenvalue weighted by molar-refractivity contribution is 5.06. The third kappa shape index (κ3) is 1.38. The molecule has 0 aromatic heterocycles. The lowest BCUT2D eigenvalue weighted by atomic mass is 10.1. The number of aliphatic hydroxyl groups excluding tert-OH is 2. The molecule has 1 saturated heterocycles. The lowest BCUT2D eigenvalue weighted by Crippen LogP contribution is -2.31. The Bertz CT molecular complexity index is 173. The molecule has 3 nitrogen and oxygen atoms in total. The maximum absolute atomic E-state index is 9.29. The molecule has 1 rings (SSSR count). The van der Waals surface area contributed by atoms with E-state index in [1.165, 1.54) is 0 Å². The van der Waals surface area contributed by atoms with E-state index in [0.29, 0.717) is 6.42 Å². The summed E-state index contributed by atoms with van der Waals surface area (Å²) in [7, 11) is 0. The summed E-state index contributed by atoms with van der Waals surface area (Å²) in [5, 5.41) is 18.5. The van der Waals surface area contributed by atoms with Gasteiger partial charge in [0.05, 0.1) is 6.10 Å². The average molecular weight is 156 g/mol. The van der Waals surface area contributed by atoms with Crippen LogP contribution in [0.1, 0.15) is 13.3 Å². The molecule has 62 valence electrons. The minimum Gasteiger partial charge on any atom is -0.388 e. The fourth-order valence-corrected chi connectivity index (χ4v) is 1.22. The van der Waals surface area contributed by atoms with Gasteiger partial charge in [-0.25, -0.2) is 0 Å². The smallest absolute Gasteiger partial charge is 0.146 e. The zero-order valence-corrected chi connectivity index (χ0v) is 6.40. The summed E-state index contributed by atoms with van der Waals surface area (Å²) in [6.45, 7) is 1.87. The van der Waals surface area contributed by atoms with Gasteiger partial charge in [0.1, 0.15) is 18.3 Å². The van der Waals surface area contributed by atoms with Crippen molar-refractivity contribution < 1.29 is 14.9 Å². The zero-order chi connectivity index (χ0) is 8.43. The molecule has 0 saturated carbocycles. The molecule has 0 aliphatic carbocycles. The lowest BCUT2D eigenvalue weighted by Gasteiger charge is -2.10. The van der Waals surface area contributed by atoms with Gasteiger partial charge in [-0.05, 0) is 6.42 Å². The van der Waals surface area contributed by atoms with Crippen LogP contribution in [-0.4, -0.2) is 34.6 Å². The fraction of sp³-hybridized carbons (Fsp3) is 0.750. The predicted octanol–water partition coefficient (Wildman–Crippen LogP) is -0.481. The van der Waals surface area contributed by atoms with Crippen LogP contribution in [0.4, 0.5) is 0 Å². The molecule has 1 aliphatic rings. The molecule has 0 bridgehead atoms. The van der Waals surface area contributed by atoms with E-state index in [2.05, 4.69) is 5.92 Å². The van der Waals surface area contributed by atoms with E-state index in [1.807, 2.05) is 6.92 Å². The van der Waals surface area contributed by atoms with Gasteiger partial charge >= 0.3 is 0 Å².